The second kappa shape index (κ2) is 12.1. The SMILES string of the molecule is C=C(C)C(=O)OC=COc1ccc(-c2nnc(-c3ccc(OC(=O)C(=C)C)c(OC(=O)C(=C)C)c3)o2)cc1. The van der Waals surface area contributed by atoms with E-state index in [-0.39, 0.29) is 40.0 Å². The molecular formula is C28H24N2O8. The van der Waals surface area contributed by atoms with E-state index in [2.05, 4.69) is 29.9 Å². The van der Waals surface area contributed by atoms with Crippen molar-refractivity contribution in [3.8, 4) is 40.2 Å². The Morgan fingerprint density at radius 2 is 1.24 bits per heavy atom. The van der Waals surface area contributed by atoms with Crippen molar-refractivity contribution in [2.24, 2.45) is 0 Å². The van der Waals surface area contributed by atoms with Crippen LogP contribution < -0.4 is 14.2 Å². The summed E-state index contributed by atoms with van der Waals surface area (Å²) in [6.07, 6.45) is 2.33. The van der Waals surface area contributed by atoms with E-state index in [1.165, 1.54) is 39.2 Å². The average Bonchev–Trinajstić information content (AvgIpc) is 3.38. The van der Waals surface area contributed by atoms with E-state index in [0.29, 0.717) is 16.9 Å². The van der Waals surface area contributed by atoms with E-state index in [1.807, 2.05) is 0 Å². The normalized spacial score (nSPS) is 10.5. The van der Waals surface area contributed by atoms with E-state index in [4.69, 9.17) is 23.4 Å². The molecule has 1 aromatic heterocycles. The molecule has 194 valence electrons. The number of carbonyl (C=O) groups excluding carboxylic acids is 3. The fourth-order valence-corrected chi connectivity index (χ4v) is 2.61. The maximum atomic E-state index is 12.1. The molecule has 0 aliphatic rings. The molecule has 0 radical (unpaired) electrons. The summed E-state index contributed by atoms with van der Waals surface area (Å²) in [6, 6.07) is 11.1. The van der Waals surface area contributed by atoms with E-state index in [1.54, 1.807) is 30.3 Å². The first kappa shape index (κ1) is 27.3. The number of aromatic nitrogens is 2. The van der Waals surface area contributed by atoms with Gasteiger partial charge in [-0.05, 0) is 63.2 Å². The van der Waals surface area contributed by atoms with Crippen molar-refractivity contribution < 1.29 is 37.7 Å². The van der Waals surface area contributed by atoms with Crippen LogP contribution in [0.2, 0.25) is 0 Å². The van der Waals surface area contributed by atoms with Crippen LogP contribution in [0.4, 0.5) is 0 Å². The van der Waals surface area contributed by atoms with Crippen molar-refractivity contribution in [1.82, 2.24) is 10.2 Å². The Balaban J connectivity index is 1.78. The van der Waals surface area contributed by atoms with Crippen LogP contribution in [0.25, 0.3) is 22.9 Å². The van der Waals surface area contributed by atoms with Crippen LogP contribution in [0.15, 0.2) is 95.9 Å². The minimum Gasteiger partial charge on any atom is -0.462 e. The molecule has 2 aromatic carbocycles. The molecule has 1 heterocycles. The molecule has 0 N–H and O–H groups in total. The van der Waals surface area contributed by atoms with Crippen molar-refractivity contribution in [2.45, 2.75) is 20.8 Å². The van der Waals surface area contributed by atoms with Gasteiger partial charge in [0.2, 0.25) is 11.8 Å². The second-order valence-electron chi connectivity index (χ2n) is 8.01. The predicted molar refractivity (Wildman–Crippen MR) is 137 cm³/mol. The van der Waals surface area contributed by atoms with Gasteiger partial charge in [0.15, 0.2) is 11.5 Å². The van der Waals surface area contributed by atoms with Gasteiger partial charge >= 0.3 is 17.9 Å². The van der Waals surface area contributed by atoms with Gasteiger partial charge in [-0.2, -0.15) is 0 Å². The molecule has 0 aliphatic carbocycles. The molecule has 0 saturated carbocycles. The zero-order valence-corrected chi connectivity index (χ0v) is 21.0. The highest BCUT2D eigenvalue weighted by Gasteiger charge is 2.18. The Kier molecular flexibility index (Phi) is 8.73. The highest BCUT2D eigenvalue weighted by Crippen LogP contribution is 2.34. The zero-order valence-electron chi connectivity index (χ0n) is 21.0. The number of hydrogen-bond donors (Lipinski definition) is 0. The highest BCUT2D eigenvalue weighted by molar-refractivity contribution is 5.91. The highest BCUT2D eigenvalue weighted by atomic mass is 16.6. The van der Waals surface area contributed by atoms with Crippen LogP contribution in [0, 0.1) is 0 Å². The summed E-state index contributed by atoms with van der Waals surface area (Å²) >= 11 is 0. The van der Waals surface area contributed by atoms with Gasteiger partial charge in [-0.25, -0.2) is 14.4 Å². The summed E-state index contributed by atoms with van der Waals surface area (Å²) < 4.78 is 26.6. The van der Waals surface area contributed by atoms with Crippen molar-refractivity contribution >= 4 is 17.9 Å². The van der Waals surface area contributed by atoms with Crippen molar-refractivity contribution in [1.29, 1.82) is 0 Å². The largest absolute Gasteiger partial charge is 0.462 e. The van der Waals surface area contributed by atoms with Gasteiger partial charge in [0.25, 0.3) is 0 Å². The number of esters is 3. The van der Waals surface area contributed by atoms with Gasteiger partial charge in [0, 0.05) is 27.8 Å². The third-order valence-electron chi connectivity index (χ3n) is 4.60. The maximum absolute atomic E-state index is 12.1. The lowest BCUT2D eigenvalue weighted by atomic mass is 10.2. The van der Waals surface area contributed by atoms with Crippen LogP contribution in [0.3, 0.4) is 0 Å². The van der Waals surface area contributed by atoms with Gasteiger partial charge in [-0.1, -0.05) is 19.7 Å². The molecule has 0 atom stereocenters. The molecule has 3 rings (SSSR count). The fourth-order valence-electron chi connectivity index (χ4n) is 2.61. The van der Waals surface area contributed by atoms with E-state index in [9.17, 15) is 14.4 Å². The number of ether oxygens (including phenoxy) is 4. The molecule has 3 aromatic rings. The van der Waals surface area contributed by atoms with Gasteiger partial charge in [-0.3, -0.25) is 0 Å². The van der Waals surface area contributed by atoms with Crippen molar-refractivity contribution in [3.63, 3.8) is 0 Å². The molecule has 10 heteroatoms. The number of rotatable bonds is 10. The Hall–Kier alpha value is -5.25. The molecule has 38 heavy (non-hydrogen) atoms. The lowest BCUT2D eigenvalue weighted by molar-refractivity contribution is -0.133. The zero-order chi connectivity index (χ0) is 27.8. The molecule has 0 unspecified atom stereocenters. The number of nitrogens with zero attached hydrogens (tertiary/aromatic N) is 2. The van der Waals surface area contributed by atoms with Gasteiger partial charge in [-0.15, -0.1) is 10.2 Å². The minimum atomic E-state index is -0.702. The lowest BCUT2D eigenvalue weighted by Gasteiger charge is -2.11. The summed E-state index contributed by atoms with van der Waals surface area (Å²) in [7, 11) is 0. The monoisotopic (exact) mass is 516 g/mol. The third-order valence-corrected chi connectivity index (χ3v) is 4.60. The van der Waals surface area contributed by atoms with E-state index < -0.39 is 17.9 Å². The summed E-state index contributed by atoms with van der Waals surface area (Å²) in [5.41, 5.74) is 1.62. The molecule has 0 aliphatic heterocycles. The number of carbonyl (C=O) groups is 3. The van der Waals surface area contributed by atoms with Crippen molar-refractivity contribution in [3.05, 3.63) is 91.4 Å². The summed E-state index contributed by atoms with van der Waals surface area (Å²) in [6.45, 7) is 15.1. The second-order valence-corrected chi connectivity index (χ2v) is 8.01. The van der Waals surface area contributed by atoms with E-state index in [0.717, 1.165) is 6.26 Å². The summed E-state index contributed by atoms with van der Waals surface area (Å²) in [5.74, 6) is -1.14. The smallest absolute Gasteiger partial charge is 0.338 e. The lowest BCUT2D eigenvalue weighted by Crippen LogP contribution is -2.12. The molecule has 0 fully saturated rings. The Bertz CT molecular complexity index is 1450. The molecule has 0 spiro atoms. The van der Waals surface area contributed by atoms with E-state index >= 15 is 0 Å². The topological polar surface area (TPSA) is 127 Å². The average molecular weight is 517 g/mol. The minimum absolute atomic E-state index is 0.00937. The molecule has 0 bridgehead atoms. The van der Waals surface area contributed by atoms with Gasteiger partial charge < -0.3 is 23.4 Å². The number of benzene rings is 2. The third kappa shape index (κ3) is 7.14. The summed E-state index contributed by atoms with van der Waals surface area (Å²) in [5, 5.41) is 8.12. The molecule has 0 saturated heterocycles. The molecule has 10 nitrogen and oxygen atoms in total. The standard InChI is InChI=1S/C28H24N2O8/c1-16(2)26(31)35-14-13-34-21-10-7-19(8-11-21)24-29-30-25(38-24)20-9-12-22(36-27(32)17(3)4)23(15-20)37-28(33)18(5)6/h7-15H,1,3,5H2,2,4,6H3. The van der Waals surface area contributed by atoms with Gasteiger partial charge in [0.1, 0.15) is 18.3 Å². The van der Waals surface area contributed by atoms with Crippen LogP contribution in [-0.4, -0.2) is 28.1 Å². The van der Waals surface area contributed by atoms with Crippen LogP contribution >= 0.6 is 0 Å². The Morgan fingerprint density at radius 1 is 0.711 bits per heavy atom. The Labute approximate surface area is 218 Å². The fraction of sp³-hybridized carbons (Fsp3) is 0.107. The first-order chi connectivity index (χ1) is 18.0. The van der Waals surface area contributed by atoms with Crippen molar-refractivity contribution in [2.75, 3.05) is 0 Å². The van der Waals surface area contributed by atoms with Crippen LogP contribution in [-0.2, 0) is 19.1 Å². The summed E-state index contributed by atoms with van der Waals surface area (Å²) in [4.78, 5) is 35.4. The first-order valence-electron chi connectivity index (χ1n) is 11.1. The molecular weight excluding hydrogens is 492 g/mol. The maximum Gasteiger partial charge on any atom is 0.338 e. The van der Waals surface area contributed by atoms with Crippen LogP contribution in [0.1, 0.15) is 20.8 Å². The number of hydrogen-bond acceptors (Lipinski definition) is 10. The predicted octanol–water partition coefficient (Wildman–Crippen LogP) is 5.34. The first-order valence-corrected chi connectivity index (χ1v) is 11.1. The Morgan fingerprint density at radius 3 is 1.82 bits per heavy atom. The van der Waals surface area contributed by atoms with Crippen LogP contribution in [0.5, 0.6) is 17.2 Å². The quantitative estimate of drug-likeness (QED) is 0.151. The molecule has 0 amide bonds. The van der Waals surface area contributed by atoms with Gasteiger partial charge in [0.05, 0.1) is 0 Å².